The van der Waals surface area contributed by atoms with Gasteiger partial charge in [-0.2, -0.15) is 12.7 Å². The Labute approximate surface area is 150 Å². The number of ether oxygens (including phenoxy) is 1. The number of benzene rings is 1. The second kappa shape index (κ2) is 6.10. The zero-order chi connectivity index (χ0) is 17.8. The number of halogens is 2. The molecule has 1 heterocycles. The van der Waals surface area contributed by atoms with Crippen LogP contribution in [0.15, 0.2) is 12.1 Å². The van der Waals surface area contributed by atoms with E-state index in [0.717, 1.165) is 35.7 Å². The molecular weight excluding hydrogens is 371 g/mol. The molecule has 1 aromatic rings. The molecule has 0 bridgehead atoms. The molecule has 1 aliphatic heterocycles. The minimum absolute atomic E-state index is 0.0205. The summed E-state index contributed by atoms with van der Waals surface area (Å²) in [6, 6.07) is 2.17. The van der Waals surface area contributed by atoms with Crippen molar-refractivity contribution in [1.29, 1.82) is 0 Å². The van der Waals surface area contributed by atoms with Crippen molar-refractivity contribution in [2.24, 2.45) is 11.8 Å². The van der Waals surface area contributed by atoms with E-state index in [1.807, 2.05) is 4.72 Å². The number of carbonyl (C=O) groups is 1. The molecule has 3 atom stereocenters. The number of nitrogens with zero attached hydrogens (tertiary/aromatic N) is 1. The van der Waals surface area contributed by atoms with Crippen LogP contribution in [0.3, 0.4) is 0 Å². The third-order valence-corrected chi connectivity index (χ3v) is 6.92. The zero-order valence-electron chi connectivity index (χ0n) is 13.4. The Morgan fingerprint density at radius 2 is 1.92 bits per heavy atom. The number of nitrogens with one attached hydrogen (secondary N) is 1. The first-order valence-electron chi connectivity index (χ1n) is 8.31. The Morgan fingerprint density at radius 3 is 2.52 bits per heavy atom. The summed E-state index contributed by atoms with van der Waals surface area (Å²) in [4.78, 5) is 12.1. The number of carbonyl (C=O) groups excluding carboxylic acids is 1. The van der Waals surface area contributed by atoms with Gasteiger partial charge in [0.1, 0.15) is 11.6 Å². The van der Waals surface area contributed by atoms with Gasteiger partial charge in [0.05, 0.1) is 16.7 Å². The Balaban J connectivity index is 1.48. The van der Waals surface area contributed by atoms with Gasteiger partial charge in [0.15, 0.2) is 0 Å². The highest BCUT2D eigenvalue weighted by Crippen LogP contribution is 2.52. The standard InChI is InChI=1S/C16H18ClFN2O4S/c17-13-7-12(16(21)19-25(22,23)20-2-1-3-20)14(18)8-15(13)24-11-5-9-4-10(9)6-11/h7-11H,1-6H2,(H,19,21)/t9-,10?,11?/m1/s1. The average molecular weight is 389 g/mol. The highest BCUT2D eigenvalue weighted by atomic mass is 35.5. The van der Waals surface area contributed by atoms with Crippen molar-refractivity contribution in [2.75, 3.05) is 13.1 Å². The molecule has 2 unspecified atom stereocenters. The first-order valence-corrected chi connectivity index (χ1v) is 10.1. The molecule has 9 heteroatoms. The minimum Gasteiger partial charge on any atom is -0.489 e. The molecule has 1 aromatic carbocycles. The van der Waals surface area contributed by atoms with Crippen molar-refractivity contribution < 1.29 is 22.3 Å². The SMILES string of the molecule is O=C(NS(=O)(=O)N1CCC1)c1cc(Cl)c(OC2CC3C[C@@H]3C2)cc1F. The molecule has 2 aliphatic carbocycles. The van der Waals surface area contributed by atoms with Crippen LogP contribution >= 0.6 is 11.6 Å². The van der Waals surface area contributed by atoms with Crippen LogP contribution in [0.4, 0.5) is 4.39 Å². The summed E-state index contributed by atoms with van der Waals surface area (Å²) in [5.74, 6) is -0.290. The molecule has 0 radical (unpaired) electrons. The van der Waals surface area contributed by atoms with Gasteiger partial charge in [0.25, 0.3) is 5.91 Å². The Hall–Kier alpha value is -1.38. The van der Waals surface area contributed by atoms with Gasteiger partial charge in [0.2, 0.25) is 0 Å². The van der Waals surface area contributed by atoms with Crippen LogP contribution in [0.2, 0.25) is 5.02 Å². The number of hydrogen-bond donors (Lipinski definition) is 1. The summed E-state index contributed by atoms with van der Waals surface area (Å²) in [6.45, 7) is 0.698. The van der Waals surface area contributed by atoms with Crippen LogP contribution in [0.1, 0.15) is 36.0 Å². The normalized spacial score (nSPS) is 28.2. The van der Waals surface area contributed by atoms with E-state index in [4.69, 9.17) is 16.3 Å². The predicted molar refractivity (Wildman–Crippen MR) is 89.2 cm³/mol. The van der Waals surface area contributed by atoms with Gasteiger partial charge < -0.3 is 4.74 Å². The van der Waals surface area contributed by atoms with Gasteiger partial charge in [0, 0.05) is 19.2 Å². The van der Waals surface area contributed by atoms with Gasteiger partial charge in [-0.15, -0.1) is 0 Å². The van der Waals surface area contributed by atoms with Gasteiger partial charge in [-0.1, -0.05) is 11.6 Å². The summed E-state index contributed by atoms with van der Waals surface area (Å²) in [5, 5.41) is 0.0912. The van der Waals surface area contributed by atoms with Crippen LogP contribution < -0.4 is 9.46 Å². The molecule has 1 saturated heterocycles. The number of amides is 1. The maximum Gasteiger partial charge on any atom is 0.304 e. The third-order valence-electron chi connectivity index (χ3n) is 5.14. The van der Waals surface area contributed by atoms with Crippen LogP contribution in [0, 0.1) is 17.7 Å². The van der Waals surface area contributed by atoms with E-state index in [0.29, 0.717) is 24.9 Å². The second-order valence-corrected chi connectivity index (χ2v) is 9.00. The lowest BCUT2D eigenvalue weighted by atomic mass is 10.1. The number of fused-ring (bicyclic) bond motifs is 1. The topological polar surface area (TPSA) is 75.7 Å². The van der Waals surface area contributed by atoms with Gasteiger partial charge in [-0.3, -0.25) is 4.79 Å². The minimum atomic E-state index is -3.94. The molecule has 0 spiro atoms. The first kappa shape index (κ1) is 17.1. The third kappa shape index (κ3) is 3.35. The predicted octanol–water partition coefficient (Wildman–Crippen LogP) is 2.34. The molecule has 3 aliphatic rings. The fourth-order valence-corrected chi connectivity index (χ4v) is 4.91. The molecule has 25 heavy (non-hydrogen) atoms. The monoisotopic (exact) mass is 388 g/mol. The van der Waals surface area contributed by atoms with Gasteiger partial charge in [-0.05, 0) is 43.6 Å². The van der Waals surface area contributed by atoms with Crippen LogP contribution in [0.5, 0.6) is 5.75 Å². The summed E-state index contributed by atoms with van der Waals surface area (Å²) in [6.07, 6.45) is 3.89. The van der Waals surface area contributed by atoms with E-state index in [1.54, 1.807) is 0 Å². The van der Waals surface area contributed by atoms with E-state index >= 15 is 0 Å². The molecular formula is C16H18ClFN2O4S. The smallest absolute Gasteiger partial charge is 0.304 e. The number of hydrogen-bond acceptors (Lipinski definition) is 4. The van der Waals surface area contributed by atoms with E-state index in [-0.39, 0.29) is 16.9 Å². The molecule has 6 nitrogen and oxygen atoms in total. The van der Waals surface area contributed by atoms with Crippen LogP contribution in [-0.2, 0) is 10.2 Å². The molecule has 136 valence electrons. The quantitative estimate of drug-likeness (QED) is 0.840. The van der Waals surface area contributed by atoms with Crippen molar-refractivity contribution in [3.05, 3.63) is 28.5 Å². The average Bonchev–Trinajstić information content (AvgIpc) is 3.06. The molecule has 4 rings (SSSR count). The highest BCUT2D eigenvalue weighted by molar-refractivity contribution is 7.87. The van der Waals surface area contributed by atoms with Crippen LogP contribution in [-0.4, -0.2) is 37.8 Å². The van der Waals surface area contributed by atoms with Gasteiger partial charge in [-0.25, -0.2) is 9.11 Å². The molecule has 3 fully saturated rings. The summed E-state index contributed by atoms with van der Waals surface area (Å²) < 4.78 is 46.9. The maximum absolute atomic E-state index is 14.3. The fraction of sp³-hybridized carbons (Fsp3) is 0.562. The largest absolute Gasteiger partial charge is 0.489 e. The van der Waals surface area contributed by atoms with Crippen molar-refractivity contribution in [1.82, 2.24) is 9.03 Å². The second-order valence-electron chi connectivity index (χ2n) is 6.92. The van der Waals surface area contributed by atoms with E-state index < -0.39 is 27.5 Å². The Morgan fingerprint density at radius 1 is 1.24 bits per heavy atom. The van der Waals surface area contributed by atoms with E-state index in [2.05, 4.69) is 0 Å². The molecule has 1 N–H and O–H groups in total. The lowest BCUT2D eigenvalue weighted by Gasteiger charge is -2.29. The number of rotatable bonds is 5. The molecule has 1 amide bonds. The lowest BCUT2D eigenvalue weighted by molar-refractivity contribution is 0.0973. The Kier molecular flexibility index (Phi) is 4.16. The van der Waals surface area contributed by atoms with Crippen LogP contribution in [0.25, 0.3) is 0 Å². The van der Waals surface area contributed by atoms with Crippen molar-refractivity contribution in [3.8, 4) is 5.75 Å². The summed E-state index contributed by atoms with van der Waals surface area (Å²) in [5.41, 5.74) is -0.421. The maximum atomic E-state index is 14.3. The van der Waals surface area contributed by atoms with E-state index in [1.165, 1.54) is 6.42 Å². The fourth-order valence-electron chi connectivity index (χ4n) is 3.49. The zero-order valence-corrected chi connectivity index (χ0v) is 14.9. The van der Waals surface area contributed by atoms with Gasteiger partial charge >= 0.3 is 10.2 Å². The van der Waals surface area contributed by atoms with Crippen molar-refractivity contribution in [3.63, 3.8) is 0 Å². The highest BCUT2D eigenvalue weighted by Gasteiger charge is 2.47. The van der Waals surface area contributed by atoms with Crippen molar-refractivity contribution >= 4 is 27.7 Å². The van der Waals surface area contributed by atoms with Crippen molar-refractivity contribution in [2.45, 2.75) is 31.8 Å². The Bertz CT molecular complexity index is 818. The molecule has 0 aromatic heterocycles. The summed E-state index contributed by atoms with van der Waals surface area (Å²) >= 11 is 6.11. The van der Waals surface area contributed by atoms with E-state index in [9.17, 15) is 17.6 Å². The first-order chi connectivity index (χ1) is 11.8. The molecule has 2 saturated carbocycles. The summed E-state index contributed by atoms with van der Waals surface area (Å²) in [7, 11) is -3.94. The lowest BCUT2D eigenvalue weighted by Crippen LogP contribution is -2.49.